The molecule has 5 nitrogen and oxygen atoms in total. The number of hydrogen-bond acceptors (Lipinski definition) is 5. The predicted molar refractivity (Wildman–Crippen MR) is 73.3 cm³/mol. The van der Waals surface area contributed by atoms with Gasteiger partial charge in [-0.1, -0.05) is 0 Å². The van der Waals surface area contributed by atoms with Gasteiger partial charge < -0.3 is 14.7 Å². The summed E-state index contributed by atoms with van der Waals surface area (Å²) < 4.78 is 4.95. The van der Waals surface area contributed by atoms with Crippen molar-refractivity contribution < 1.29 is 14.6 Å². The fraction of sp³-hybridized carbons (Fsp3) is 0.500. The van der Waals surface area contributed by atoms with Crippen LogP contribution >= 0.6 is 0 Å². The normalized spacial score (nSPS) is 15.8. The number of aliphatic hydroxyl groups excluding tert-OH is 1. The third kappa shape index (κ3) is 3.45. The SMILES string of the molecule is CCOC(=O)c1ccc(N2CCN(CCO)C2)cc1. The van der Waals surface area contributed by atoms with Crippen LogP contribution in [0.4, 0.5) is 5.69 Å². The van der Waals surface area contributed by atoms with E-state index in [-0.39, 0.29) is 12.6 Å². The summed E-state index contributed by atoms with van der Waals surface area (Å²) in [6.45, 7) is 5.81. The number of hydrogen-bond donors (Lipinski definition) is 1. The van der Waals surface area contributed by atoms with Crippen molar-refractivity contribution in [3.63, 3.8) is 0 Å². The Kier molecular flexibility index (Phi) is 4.76. The lowest BCUT2D eigenvalue weighted by atomic mass is 10.2. The molecule has 0 unspecified atom stereocenters. The quantitative estimate of drug-likeness (QED) is 0.802. The Morgan fingerprint density at radius 3 is 2.68 bits per heavy atom. The Labute approximate surface area is 113 Å². The first kappa shape index (κ1) is 13.8. The van der Waals surface area contributed by atoms with Crippen molar-refractivity contribution >= 4 is 11.7 Å². The van der Waals surface area contributed by atoms with Gasteiger partial charge in [0.25, 0.3) is 0 Å². The second-order valence-corrected chi connectivity index (χ2v) is 4.51. The van der Waals surface area contributed by atoms with Crippen molar-refractivity contribution in [2.24, 2.45) is 0 Å². The second kappa shape index (κ2) is 6.54. The van der Waals surface area contributed by atoms with Gasteiger partial charge in [-0.25, -0.2) is 4.79 Å². The van der Waals surface area contributed by atoms with E-state index in [0.29, 0.717) is 18.7 Å². The van der Waals surface area contributed by atoms with Gasteiger partial charge >= 0.3 is 5.97 Å². The van der Waals surface area contributed by atoms with Crippen LogP contribution in [0.15, 0.2) is 24.3 Å². The van der Waals surface area contributed by atoms with Crippen LogP contribution in [0.3, 0.4) is 0 Å². The summed E-state index contributed by atoms with van der Waals surface area (Å²) in [5.41, 5.74) is 1.67. The summed E-state index contributed by atoms with van der Waals surface area (Å²) in [6.07, 6.45) is 0. The maximum Gasteiger partial charge on any atom is 0.338 e. The van der Waals surface area contributed by atoms with Crippen LogP contribution in [-0.4, -0.2) is 55.5 Å². The largest absolute Gasteiger partial charge is 0.462 e. The lowest BCUT2D eigenvalue weighted by Gasteiger charge is -2.19. The number of benzene rings is 1. The van der Waals surface area contributed by atoms with Crippen molar-refractivity contribution in [1.29, 1.82) is 0 Å². The highest BCUT2D eigenvalue weighted by molar-refractivity contribution is 5.89. The molecule has 1 N–H and O–H groups in total. The summed E-state index contributed by atoms with van der Waals surface area (Å²) in [5, 5.41) is 8.92. The number of nitrogens with zero attached hydrogens (tertiary/aromatic N) is 2. The molecule has 1 aromatic carbocycles. The van der Waals surface area contributed by atoms with Gasteiger partial charge in [-0.05, 0) is 31.2 Å². The van der Waals surface area contributed by atoms with E-state index in [2.05, 4.69) is 9.80 Å². The van der Waals surface area contributed by atoms with Crippen LogP contribution in [0.5, 0.6) is 0 Å². The summed E-state index contributed by atoms with van der Waals surface area (Å²) in [4.78, 5) is 16.0. The number of carbonyl (C=O) groups is 1. The molecule has 1 fully saturated rings. The molecule has 1 heterocycles. The monoisotopic (exact) mass is 264 g/mol. The molecule has 104 valence electrons. The van der Waals surface area contributed by atoms with Crippen molar-refractivity contribution in [3.05, 3.63) is 29.8 Å². The first-order chi connectivity index (χ1) is 9.24. The van der Waals surface area contributed by atoms with Gasteiger partial charge in [0.1, 0.15) is 0 Å². The Balaban J connectivity index is 1.97. The molecule has 1 aliphatic heterocycles. The molecule has 2 rings (SSSR count). The van der Waals surface area contributed by atoms with Crippen LogP contribution in [-0.2, 0) is 4.74 Å². The minimum absolute atomic E-state index is 0.190. The number of ether oxygens (including phenoxy) is 1. The number of anilines is 1. The molecule has 0 amide bonds. The molecule has 0 atom stereocenters. The summed E-state index contributed by atoms with van der Waals surface area (Å²) in [6, 6.07) is 7.47. The fourth-order valence-corrected chi connectivity index (χ4v) is 2.20. The molecule has 0 aliphatic carbocycles. The Morgan fingerprint density at radius 1 is 1.32 bits per heavy atom. The van der Waals surface area contributed by atoms with Crippen LogP contribution in [0.2, 0.25) is 0 Å². The average Bonchev–Trinajstić information content (AvgIpc) is 2.88. The van der Waals surface area contributed by atoms with Crippen molar-refractivity contribution in [1.82, 2.24) is 4.90 Å². The van der Waals surface area contributed by atoms with Crippen LogP contribution in [0, 0.1) is 0 Å². The van der Waals surface area contributed by atoms with E-state index >= 15 is 0 Å². The van der Waals surface area contributed by atoms with Gasteiger partial charge in [0.15, 0.2) is 0 Å². The maximum absolute atomic E-state index is 11.5. The van der Waals surface area contributed by atoms with E-state index in [9.17, 15) is 4.79 Å². The molecule has 5 heteroatoms. The first-order valence-corrected chi connectivity index (χ1v) is 6.60. The second-order valence-electron chi connectivity index (χ2n) is 4.51. The van der Waals surface area contributed by atoms with Gasteiger partial charge in [0, 0.05) is 25.3 Å². The number of carbonyl (C=O) groups excluding carboxylic acids is 1. The molecule has 1 saturated heterocycles. The third-order valence-corrected chi connectivity index (χ3v) is 3.22. The Bertz CT molecular complexity index is 419. The molecule has 1 aliphatic rings. The zero-order valence-corrected chi connectivity index (χ0v) is 11.2. The van der Waals surface area contributed by atoms with Gasteiger partial charge in [-0.15, -0.1) is 0 Å². The molecule has 0 spiro atoms. The van der Waals surface area contributed by atoms with E-state index in [1.807, 2.05) is 12.1 Å². The minimum Gasteiger partial charge on any atom is -0.462 e. The first-order valence-electron chi connectivity index (χ1n) is 6.60. The maximum atomic E-state index is 11.5. The van der Waals surface area contributed by atoms with E-state index in [0.717, 1.165) is 25.4 Å². The van der Waals surface area contributed by atoms with E-state index in [1.54, 1.807) is 19.1 Å². The van der Waals surface area contributed by atoms with Gasteiger partial charge in [-0.3, -0.25) is 4.90 Å². The lowest BCUT2D eigenvalue weighted by molar-refractivity contribution is 0.0526. The minimum atomic E-state index is -0.280. The Hall–Kier alpha value is -1.59. The predicted octanol–water partition coefficient (Wildman–Crippen LogP) is 0.935. The van der Waals surface area contributed by atoms with E-state index in [4.69, 9.17) is 9.84 Å². The molecule has 19 heavy (non-hydrogen) atoms. The number of aliphatic hydroxyl groups is 1. The standard InChI is InChI=1S/C14H20N2O3/c1-2-19-14(18)12-3-5-13(6-4-12)16-8-7-15(11-16)9-10-17/h3-6,17H,2,7-11H2,1H3. The van der Waals surface area contributed by atoms with Gasteiger partial charge in [0.05, 0.1) is 25.4 Å². The summed E-state index contributed by atoms with van der Waals surface area (Å²) >= 11 is 0. The molecule has 0 saturated carbocycles. The number of esters is 1. The van der Waals surface area contributed by atoms with E-state index in [1.165, 1.54) is 0 Å². The van der Waals surface area contributed by atoms with Crippen LogP contribution < -0.4 is 4.90 Å². The lowest BCUT2D eigenvalue weighted by Crippen LogP contribution is -2.27. The molecular weight excluding hydrogens is 244 g/mol. The average molecular weight is 264 g/mol. The van der Waals surface area contributed by atoms with Crippen LogP contribution in [0.25, 0.3) is 0 Å². The zero-order valence-electron chi connectivity index (χ0n) is 11.2. The zero-order chi connectivity index (χ0) is 13.7. The fourth-order valence-electron chi connectivity index (χ4n) is 2.20. The van der Waals surface area contributed by atoms with Gasteiger partial charge in [0.2, 0.25) is 0 Å². The van der Waals surface area contributed by atoms with Crippen molar-refractivity contribution in [3.8, 4) is 0 Å². The highest BCUT2D eigenvalue weighted by Gasteiger charge is 2.19. The van der Waals surface area contributed by atoms with Crippen molar-refractivity contribution in [2.75, 3.05) is 44.4 Å². The smallest absolute Gasteiger partial charge is 0.338 e. The molecule has 0 aromatic heterocycles. The highest BCUT2D eigenvalue weighted by atomic mass is 16.5. The number of rotatable bonds is 5. The summed E-state index contributed by atoms with van der Waals surface area (Å²) in [5.74, 6) is -0.280. The summed E-state index contributed by atoms with van der Waals surface area (Å²) in [7, 11) is 0. The Morgan fingerprint density at radius 2 is 2.05 bits per heavy atom. The van der Waals surface area contributed by atoms with Crippen molar-refractivity contribution in [2.45, 2.75) is 6.92 Å². The molecule has 0 bridgehead atoms. The third-order valence-electron chi connectivity index (χ3n) is 3.22. The number of β-amino-alcohol motifs (C(OH)–C–C–N with tert-alkyl or cyclic N) is 1. The molecular formula is C14H20N2O3. The molecule has 0 radical (unpaired) electrons. The topological polar surface area (TPSA) is 53.0 Å². The van der Waals surface area contributed by atoms with Gasteiger partial charge in [-0.2, -0.15) is 0 Å². The van der Waals surface area contributed by atoms with E-state index < -0.39 is 0 Å². The highest BCUT2D eigenvalue weighted by Crippen LogP contribution is 2.19. The van der Waals surface area contributed by atoms with Crippen LogP contribution in [0.1, 0.15) is 17.3 Å². The molecule has 1 aromatic rings.